The molecule has 0 bridgehead atoms. The van der Waals surface area contributed by atoms with Gasteiger partial charge in [0.1, 0.15) is 13.2 Å². The monoisotopic (exact) mass is 474 g/mol. The van der Waals surface area contributed by atoms with E-state index in [-0.39, 0.29) is 43.7 Å². The zero-order valence-corrected chi connectivity index (χ0v) is 20.1. The Kier molecular flexibility index (Phi) is 15.7. The van der Waals surface area contributed by atoms with Gasteiger partial charge in [-0.3, -0.25) is 9.59 Å². The van der Waals surface area contributed by atoms with Crippen molar-refractivity contribution in [1.29, 1.82) is 0 Å². The SMILES string of the molecule is C#CCOCCOCCOCCOCCOC1OC(COC(C)=O)C(C)C(C)C1OC(C)=O. The van der Waals surface area contributed by atoms with Crippen LogP contribution >= 0.6 is 0 Å². The fourth-order valence-electron chi connectivity index (χ4n) is 3.15. The first-order valence-electron chi connectivity index (χ1n) is 11.2. The summed E-state index contributed by atoms with van der Waals surface area (Å²) in [4.78, 5) is 22.7. The largest absolute Gasteiger partial charge is 0.463 e. The van der Waals surface area contributed by atoms with E-state index >= 15 is 0 Å². The van der Waals surface area contributed by atoms with Gasteiger partial charge in [-0.05, 0) is 5.92 Å². The van der Waals surface area contributed by atoms with Crippen molar-refractivity contribution in [3.8, 4) is 12.3 Å². The highest BCUT2D eigenvalue weighted by Gasteiger charge is 2.44. The van der Waals surface area contributed by atoms with Crippen molar-refractivity contribution in [3.63, 3.8) is 0 Å². The highest BCUT2D eigenvalue weighted by Crippen LogP contribution is 2.33. The van der Waals surface area contributed by atoms with Crippen LogP contribution in [0.3, 0.4) is 0 Å². The second-order valence-electron chi connectivity index (χ2n) is 7.60. The van der Waals surface area contributed by atoms with Crippen LogP contribution in [-0.4, -0.2) is 96.5 Å². The molecule has 10 heteroatoms. The van der Waals surface area contributed by atoms with Crippen molar-refractivity contribution in [3.05, 3.63) is 0 Å². The van der Waals surface area contributed by atoms with Gasteiger partial charge < -0.3 is 37.9 Å². The minimum absolute atomic E-state index is 0.00130. The standard InChI is InChI=1S/C23H38O10/c1-6-7-26-8-9-27-10-11-28-12-13-29-14-15-30-23-22(32-20(5)25)18(3)17(2)21(33-23)16-31-19(4)24/h1,17-18,21-23H,7-16H2,2-5H3. The molecular formula is C23H38O10. The zero-order chi connectivity index (χ0) is 24.5. The molecule has 0 N–H and O–H groups in total. The lowest BCUT2D eigenvalue weighted by Gasteiger charge is -2.43. The summed E-state index contributed by atoms with van der Waals surface area (Å²) in [6.45, 7) is 10.2. The number of carbonyl (C=O) groups is 2. The van der Waals surface area contributed by atoms with Gasteiger partial charge in [-0.25, -0.2) is 0 Å². The Balaban J connectivity index is 2.23. The number of ether oxygens (including phenoxy) is 8. The summed E-state index contributed by atoms with van der Waals surface area (Å²) in [5, 5.41) is 0. The first-order valence-corrected chi connectivity index (χ1v) is 11.2. The summed E-state index contributed by atoms with van der Waals surface area (Å²) >= 11 is 0. The summed E-state index contributed by atoms with van der Waals surface area (Å²) in [6, 6.07) is 0. The number of esters is 2. The second kappa shape index (κ2) is 17.7. The van der Waals surface area contributed by atoms with E-state index in [0.717, 1.165) is 0 Å². The zero-order valence-electron chi connectivity index (χ0n) is 20.1. The molecule has 0 aromatic rings. The molecule has 1 rings (SSSR count). The van der Waals surface area contributed by atoms with Crippen molar-refractivity contribution >= 4 is 11.9 Å². The molecule has 1 heterocycles. The average Bonchev–Trinajstić information content (AvgIpc) is 2.77. The topological polar surface area (TPSA) is 108 Å². The highest BCUT2D eigenvalue weighted by atomic mass is 16.7. The summed E-state index contributed by atoms with van der Waals surface area (Å²) in [7, 11) is 0. The molecule has 5 unspecified atom stereocenters. The van der Waals surface area contributed by atoms with Gasteiger partial charge in [0.2, 0.25) is 0 Å². The average molecular weight is 475 g/mol. The maximum atomic E-state index is 11.5. The molecule has 1 saturated heterocycles. The van der Waals surface area contributed by atoms with Gasteiger partial charge in [-0.15, -0.1) is 6.42 Å². The summed E-state index contributed by atoms with van der Waals surface area (Å²) in [6.07, 6.45) is 3.37. The fraction of sp³-hybridized carbons (Fsp3) is 0.826. The minimum atomic E-state index is -0.776. The molecule has 0 amide bonds. The Labute approximate surface area is 196 Å². The molecule has 5 atom stereocenters. The van der Waals surface area contributed by atoms with E-state index in [1.807, 2.05) is 13.8 Å². The smallest absolute Gasteiger partial charge is 0.303 e. The maximum Gasteiger partial charge on any atom is 0.303 e. The lowest BCUT2D eigenvalue weighted by atomic mass is 9.83. The molecule has 0 aliphatic carbocycles. The number of terminal acetylenes is 1. The third-order valence-electron chi connectivity index (χ3n) is 5.08. The van der Waals surface area contributed by atoms with Crippen LogP contribution in [0, 0.1) is 24.2 Å². The Bertz CT molecular complexity index is 588. The van der Waals surface area contributed by atoms with Crippen molar-refractivity contribution in [2.24, 2.45) is 11.8 Å². The number of hydrogen-bond acceptors (Lipinski definition) is 10. The molecule has 0 spiro atoms. The van der Waals surface area contributed by atoms with Gasteiger partial charge >= 0.3 is 11.9 Å². The van der Waals surface area contributed by atoms with Crippen LogP contribution in [0.1, 0.15) is 27.7 Å². The van der Waals surface area contributed by atoms with Crippen LogP contribution in [0.5, 0.6) is 0 Å². The first-order chi connectivity index (χ1) is 15.9. The van der Waals surface area contributed by atoms with E-state index in [0.29, 0.717) is 46.2 Å². The van der Waals surface area contributed by atoms with Crippen molar-refractivity contribution < 1.29 is 47.5 Å². The highest BCUT2D eigenvalue weighted by molar-refractivity contribution is 5.66. The predicted molar refractivity (Wildman–Crippen MR) is 117 cm³/mol. The van der Waals surface area contributed by atoms with Crippen LogP contribution in [0.2, 0.25) is 0 Å². The molecule has 0 aromatic heterocycles. The Hall–Kier alpha value is -1.74. The van der Waals surface area contributed by atoms with Gasteiger partial charge in [-0.2, -0.15) is 0 Å². The molecule has 190 valence electrons. The number of rotatable bonds is 17. The molecule has 1 aliphatic heterocycles. The van der Waals surface area contributed by atoms with E-state index in [4.69, 9.17) is 44.3 Å². The van der Waals surface area contributed by atoms with Crippen molar-refractivity contribution in [2.75, 3.05) is 66.1 Å². The van der Waals surface area contributed by atoms with Crippen LogP contribution in [0.15, 0.2) is 0 Å². The van der Waals surface area contributed by atoms with Gasteiger partial charge in [0.15, 0.2) is 12.4 Å². The first kappa shape index (κ1) is 29.3. The van der Waals surface area contributed by atoms with E-state index < -0.39 is 18.4 Å². The molecule has 1 fully saturated rings. The van der Waals surface area contributed by atoms with Gasteiger partial charge in [-0.1, -0.05) is 19.8 Å². The van der Waals surface area contributed by atoms with E-state index in [2.05, 4.69) is 5.92 Å². The van der Waals surface area contributed by atoms with Gasteiger partial charge in [0.05, 0.1) is 59.0 Å². The minimum Gasteiger partial charge on any atom is -0.463 e. The van der Waals surface area contributed by atoms with Crippen molar-refractivity contribution in [2.45, 2.75) is 46.2 Å². The van der Waals surface area contributed by atoms with Gasteiger partial charge in [0.25, 0.3) is 0 Å². The maximum absolute atomic E-state index is 11.5. The van der Waals surface area contributed by atoms with Gasteiger partial charge in [0, 0.05) is 19.8 Å². The lowest BCUT2D eigenvalue weighted by molar-refractivity contribution is -0.282. The van der Waals surface area contributed by atoms with E-state index in [9.17, 15) is 9.59 Å². The second-order valence-corrected chi connectivity index (χ2v) is 7.60. The normalized spacial score (nSPS) is 24.8. The molecule has 0 aromatic carbocycles. The predicted octanol–water partition coefficient (Wildman–Crippen LogP) is 1.19. The fourth-order valence-corrected chi connectivity index (χ4v) is 3.15. The Morgan fingerprint density at radius 1 is 0.818 bits per heavy atom. The Morgan fingerprint density at radius 3 is 1.88 bits per heavy atom. The summed E-state index contributed by atoms with van der Waals surface area (Å²) in [5.41, 5.74) is 0. The number of hydrogen-bond donors (Lipinski definition) is 0. The lowest BCUT2D eigenvalue weighted by Crippen LogP contribution is -2.53. The molecule has 10 nitrogen and oxygen atoms in total. The summed E-state index contributed by atoms with van der Waals surface area (Å²) < 4.78 is 43.6. The molecule has 0 saturated carbocycles. The van der Waals surface area contributed by atoms with Crippen LogP contribution < -0.4 is 0 Å². The third kappa shape index (κ3) is 12.9. The third-order valence-corrected chi connectivity index (χ3v) is 5.08. The van der Waals surface area contributed by atoms with Crippen LogP contribution in [0.25, 0.3) is 0 Å². The molecular weight excluding hydrogens is 436 g/mol. The van der Waals surface area contributed by atoms with Crippen LogP contribution in [0.4, 0.5) is 0 Å². The summed E-state index contributed by atoms with van der Waals surface area (Å²) in [5.74, 6) is 1.54. The van der Waals surface area contributed by atoms with E-state index in [1.165, 1.54) is 13.8 Å². The number of carbonyl (C=O) groups excluding carboxylic acids is 2. The molecule has 33 heavy (non-hydrogen) atoms. The van der Waals surface area contributed by atoms with Crippen molar-refractivity contribution in [1.82, 2.24) is 0 Å². The van der Waals surface area contributed by atoms with Crippen LogP contribution in [-0.2, 0) is 47.5 Å². The quantitative estimate of drug-likeness (QED) is 0.173. The van der Waals surface area contributed by atoms with E-state index in [1.54, 1.807) is 0 Å². The molecule has 1 aliphatic rings. The Morgan fingerprint density at radius 2 is 1.36 bits per heavy atom. The molecule has 0 radical (unpaired) electrons.